The van der Waals surface area contributed by atoms with Crippen molar-refractivity contribution in [3.05, 3.63) is 95.6 Å². The molecule has 0 fully saturated rings. The molecule has 31 heavy (non-hydrogen) atoms. The molecule has 3 aromatic carbocycles. The first-order valence-electron chi connectivity index (χ1n) is 9.98. The van der Waals surface area contributed by atoms with Crippen molar-refractivity contribution >= 4 is 34.5 Å². The van der Waals surface area contributed by atoms with E-state index in [1.165, 1.54) is 7.11 Å². The number of para-hydroxylation sites is 1. The molecule has 2 amide bonds. The summed E-state index contributed by atoms with van der Waals surface area (Å²) < 4.78 is 4.82. The van der Waals surface area contributed by atoms with Crippen LogP contribution in [0.4, 0.5) is 11.4 Å². The number of anilines is 2. The van der Waals surface area contributed by atoms with Crippen molar-refractivity contribution in [2.45, 2.75) is 6.54 Å². The number of fused-ring (bicyclic) bond motifs is 1. The van der Waals surface area contributed by atoms with Gasteiger partial charge in [0.25, 0.3) is 5.91 Å². The quantitative estimate of drug-likeness (QED) is 0.514. The van der Waals surface area contributed by atoms with Crippen molar-refractivity contribution in [1.82, 2.24) is 5.32 Å². The fourth-order valence-electron chi connectivity index (χ4n) is 3.48. The second kappa shape index (κ2) is 9.28. The van der Waals surface area contributed by atoms with Crippen molar-refractivity contribution in [2.24, 2.45) is 0 Å². The average molecular weight is 413 g/mol. The predicted octanol–water partition coefficient (Wildman–Crippen LogP) is 3.88. The van der Waals surface area contributed by atoms with E-state index in [-0.39, 0.29) is 18.4 Å². The normalized spacial score (nSPS) is 13.9. The van der Waals surface area contributed by atoms with Gasteiger partial charge in [0.2, 0.25) is 5.91 Å². The van der Waals surface area contributed by atoms with Crippen LogP contribution in [0.5, 0.6) is 0 Å². The summed E-state index contributed by atoms with van der Waals surface area (Å²) in [6.45, 7) is 0.460. The van der Waals surface area contributed by atoms with Crippen molar-refractivity contribution in [2.75, 3.05) is 24.4 Å². The van der Waals surface area contributed by atoms with Crippen LogP contribution in [0.2, 0.25) is 0 Å². The molecule has 6 heteroatoms. The third-order valence-corrected chi connectivity index (χ3v) is 4.97. The molecule has 1 aliphatic heterocycles. The molecule has 0 spiro atoms. The summed E-state index contributed by atoms with van der Waals surface area (Å²) in [5.74, 6) is -0.295. The summed E-state index contributed by atoms with van der Waals surface area (Å²) >= 11 is 0. The maximum absolute atomic E-state index is 12.8. The number of methoxy groups -OCH3 is 1. The topological polar surface area (TPSA) is 79.5 Å². The van der Waals surface area contributed by atoms with Gasteiger partial charge >= 0.3 is 0 Å². The first-order valence-corrected chi connectivity index (χ1v) is 9.98. The summed E-state index contributed by atoms with van der Waals surface area (Å²) in [5, 5.41) is 9.18. The fraction of sp³-hybridized carbons (Fsp3) is 0.120. The van der Waals surface area contributed by atoms with Crippen LogP contribution in [-0.4, -0.2) is 25.5 Å². The van der Waals surface area contributed by atoms with E-state index in [9.17, 15) is 9.59 Å². The number of carbonyl (C=O) groups is 2. The number of ether oxygens (including phenoxy) is 1. The molecule has 3 aromatic rings. The molecule has 1 aliphatic rings. The van der Waals surface area contributed by atoms with Gasteiger partial charge in [0, 0.05) is 30.6 Å². The van der Waals surface area contributed by atoms with Crippen molar-refractivity contribution in [1.29, 1.82) is 0 Å². The lowest BCUT2D eigenvalue weighted by Gasteiger charge is -2.15. The summed E-state index contributed by atoms with van der Waals surface area (Å²) in [5.41, 5.74) is 5.75. The van der Waals surface area contributed by atoms with Gasteiger partial charge in [0.15, 0.2) is 0 Å². The molecule has 0 atom stereocenters. The second-order valence-electron chi connectivity index (χ2n) is 7.15. The van der Waals surface area contributed by atoms with Crippen LogP contribution in [0.25, 0.3) is 11.3 Å². The van der Waals surface area contributed by atoms with Crippen molar-refractivity contribution < 1.29 is 14.3 Å². The Morgan fingerprint density at radius 3 is 2.39 bits per heavy atom. The van der Waals surface area contributed by atoms with Gasteiger partial charge in [-0.3, -0.25) is 9.59 Å². The van der Waals surface area contributed by atoms with Gasteiger partial charge in [-0.2, -0.15) is 0 Å². The third-order valence-electron chi connectivity index (χ3n) is 4.97. The standard InChI is InChI=1S/C25H23N3O3/c1-31-16-22(29)26-15-17-11-13-19(14-12-17)27-24(18-7-3-2-4-8-18)23-20-9-5-6-10-21(20)28-25(23)30/h2-14,27H,15-16H2,1H3,(H,26,29)(H,28,30)/b24-23-. The highest BCUT2D eigenvalue weighted by atomic mass is 16.5. The molecule has 3 N–H and O–H groups in total. The molecule has 156 valence electrons. The lowest BCUT2D eigenvalue weighted by Crippen LogP contribution is -2.26. The highest BCUT2D eigenvalue weighted by Gasteiger charge is 2.27. The van der Waals surface area contributed by atoms with E-state index in [0.29, 0.717) is 12.1 Å². The Balaban J connectivity index is 1.63. The van der Waals surface area contributed by atoms with Crippen LogP contribution < -0.4 is 16.0 Å². The zero-order chi connectivity index (χ0) is 21.6. The summed E-state index contributed by atoms with van der Waals surface area (Å²) in [6.07, 6.45) is 0. The minimum absolute atomic E-state index is 0.0389. The zero-order valence-electron chi connectivity index (χ0n) is 17.1. The van der Waals surface area contributed by atoms with E-state index in [2.05, 4.69) is 16.0 Å². The molecule has 4 rings (SSSR count). The molecule has 0 saturated heterocycles. The van der Waals surface area contributed by atoms with Gasteiger partial charge in [-0.25, -0.2) is 0 Å². The first kappa shape index (κ1) is 20.4. The highest BCUT2D eigenvalue weighted by molar-refractivity contribution is 6.37. The molecule has 1 heterocycles. The van der Waals surface area contributed by atoms with Gasteiger partial charge in [0.05, 0.1) is 11.3 Å². The van der Waals surface area contributed by atoms with Gasteiger partial charge in [-0.05, 0) is 29.3 Å². The molecule has 6 nitrogen and oxygen atoms in total. The number of hydrogen-bond acceptors (Lipinski definition) is 4. The van der Waals surface area contributed by atoms with Crippen LogP contribution >= 0.6 is 0 Å². The number of carbonyl (C=O) groups excluding carboxylic acids is 2. The Morgan fingerprint density at radius 2 is 1.65 bits per heavy atom. The zero-order valence-corrected chi connectivity index (χ0v) is 17.1. The molecule has 0 aliphatic carbocycles. The largest absolute Gasteiger partial charge is 0.375 e. The van der Waals surface area contributed by atoms with E-state index in [0.717, 1.165) is 33.8 Å². The van der Waals surface area contributed by atoms with E-state index in [1.807, 2.05) is 78.9 Å². The molecule has 0 saturated carbocycles. The van der Waals surface area contributed by atoms with E-state index in [1.54, 1.807) is 0 Å². The monoisotopic (exact) mass is 413 g/mol. The van der Waals surface area contributed by atoms with E-state index < -0.39 is 0 Å². The summed E-state index contributed by atoms with van der Waals surface area (Å²) in [6, 6.07) is 25.2. The van der Waals surface area contributed by atoms with E-state index >= 15 is 0 Å². The molecular formula is C25H23N3O3. The first-order chi connectivity index (χ1) is 15.2. The minimum atomic E-state index is -0.160. The Labute approximate surface area is 180 Å². The molecule has 0 bridgehead atoms. The minimum Gasteiger partial charge on any atom is -0.375 e. The summed E-state index contributed by atoms with van der Waals surface area (Å²) in [4.78, 5) is 24.4. The smallest absolute Gasteiger partial charge is 0.258 e. The van der Waals surface area contributed by atoms with Gasteiger partial charge in [-0.1, -0.05) is 60.7 Å². The van der Waals surface area contributed by atoms with Crippen LogP contribution in [0.1, 0.15) is 16.7 Å². The van der Waals surface area contributed by atoms with Crippen LogP contribution in [0.15, 0.2) is 78.9 Å². The number of hydrogen-bond donors (Lipinski definition) is 3. The van der Waals surface area contributed by atoms with Crippen molar-refractivity contribution in [3.8, 4) is 0 Å². The Bertz CT molecular complexity index is 1120. The highest BCUT2D eigenvalue weighted by Crippen LogP contribution is 2.37. The molecule has 0 aromatic heterocycles. The number of nitrogens with one attached hydrogen (secondary N) is 3. The lowest BCUT2D eigenvalue weighted by molar-refractivity contribution is -0.124. The average Bonchev–Trinajstić information content (AvgIpc) is 3.13. The Hall–Kier alpha value is -3.90. The third kappa shape index (κ3) is 4.65. The number of rotatable bonds is 7. The fourth-order valence-corrected chi connectivity index (χ4v) is 3.48. The van der Waals surface area contributed by atoms with Gasteiger partial charge < -0.3 is 20.7 Å². The lowest BCUT2D eigenvalue weighted by atomic mass is 10.00. The van der Waals surface area contributed by atoms with Crippen LogP contribution in [-0.2, 0) is 20.9 Å². The molecule has 0 radical (unpaired) electrons. The van der Waals surface area contributed by atoms with Gasteiger partial charge in [-0.15, -0.1) is 0 Å². The van der Waals surface area contributed by atoms with Crippen LogP contribution in [0, 0.1) is 0 Å². The van der Waals surface area contributed by atoms with E-state index in [4.69, 9.17) is 4.74 Å². The Kier molecular flexibility index (Phi) is 6.10. The van der Waals surface area contributed by atoms with Crippen molar-refractivity contribution in [3.63, 3.8) is 0 Å². The van der Waals surface area contributed by atoms with Crippen LogP contribution in [0.3, 0.4) is 0 Å². The second-order valence-corrected chi connectivity index (χ2v) is 7.15. The Morgan fingerprint density at radius 1 is 0.935 bits per heavy atom. The maximum Gasteiger partial charge on any atom is 0.258 e. The number of amides is 2. The maximum atomic E-state index is 12.8. The summed E-state index contributed by atoms with van der Waals surface area (Å²) in [7, 11) is 1.49. The number of benzene rings is 3. The predicted molar refractivity (Wildman–Crippen MR) is 122 cm³/mol. The SMILES string of the molecule is COCC(=O)NCc1ccc(N/C(=C2\C(=O)Nc3ccccc32)c2ccccc2)cc1. The molecule has 0 unspecified atom stereocenters. The van der Waals surface area contributed by atoms with Gasteiger partial charge in [0.1, 0.15) is 6.61 Å². The molecular weight excluding hydrogens is 390 g/mol.